The maximum Gasteiger partial charge on any atom is 0.126 e. The Labute approximate surface area is 251 Å². The molecular weight excluding hydrogens is 495 g/mol. The molecule has 1 aliphatic carbocycles. The molecular formula is C39H49BO. The fraction of sp³-hybridized carbons (Fsp3) is 0.487. The first-order chi connectivity index (χ1) is 19.8. The van der Waals surface area contributed by atoms with Crippen molar-refractivity contribution in [2.45, 2.75) is 122 Å². The molecule has 41 heavy (non-hydrogen) atoms. The van der Waals surface area contributed by atoms with E-state index in [1.165, 1.54) is 110 Å². The van der Waals surface area contributed by atoms with Gasteiger partial charge in [0.2, 0.25) is 0 Å². The molecule has 2 heteroatoms. The van der Waals surface area contributed by atoms with E-state index in [1.54, 1.807) is 0 Å². The molecule has 1 atom stereocenters. The monoisotopic (exact) mass is 544 g/mol. The van der Waals surface area contributed by atoms with Gasteiger partial charge >= 0.3 is 0 Å². The SMILES string of the molecule is [B]C1(c2ccc3c(c2)-c2ccccc2Cc2ccccc2-3)/C=C(/C)CCCCCCCCCCCCCC(C)(C)O1. The predicted molar refractivity (Wildman–Crippen MR) is 176 cm³/mol. The number of allylic oxidation sites excluding steroid dienone is 1. The molecule has 0 fully saturated rings. The highest BCUT2D eigenvalue weighted by Crippen LogP contribution is 2.43. The predicted octanol–water partition coefficient (Wildman–Crippen LogP) is 11.1. The quantitative estimate of drug-likeness (QED) is 0.171. The molecule has 0 amide bonds. The maximum absolute atomic E-state index is 7.39. The minimum absolute atomic E-state index is 0.325. The second-order valence-electron chi connectivity index (χ2n) is 13.3. The Morgan fingerprint density at radius 1 is 0.610 bits per heavy atom. The molecule has 0 saturated carbocycles. The third kappa shape index (κ3) is 7.64. The van der Waals surface area contributed by atoms with Crippen molar-refractivity contribution >= 4 is 7.85 Å². The summed E-state index contributed by atoms with van der Waals surface area (Å²) in [4.78, 5) is 0. The van der Waals surface area contributed by atoms with Gasteiger partial charge in [-0.3, -0.25) is 0 Å². The molecule has 5 rings (SSSR count). The molecule has 1 unspecified atom stereocenters. The molecule has 1 aliphatic heterocycles. The number of benzene rings is 3. The lowest BCUT2D eigenvalue weighted by Gasteiger charge is -2.39. The van der Waals surface area contributed by atoms with E-state index in [9.17, 15) is 0 Å². The smallest absolute Gasteiger partial charge is 0.126 e. The summed E-state index contributed by atoms with van der Waals surface area (Å²) >= 11 is 0. The normalized spacial score (nSPS) is 23.8. The van der Waals surface area contributed by atoms with Crippen LogP contribution in [0.5, 0.6) is 0 Å². The Balaban J connectivity index is 1.53. The summed E-state index contributed by atoms with van der Waals surface area (Å²) in [6, 6.07) is 24.5. The van der Waals surface area contributed by atoms with Gasteiger partial charge < -0.3 is 4.74 Å². The van der Waals surface area contributed by atoms with Crippen LogP contribution in [0, 0.1) is 0 Å². The Morgan fingerprint density at radius 2 is 1.15 bits per heavy atom. The van der Waals surface area contributed by atoms with Crippen LogP contribution in [-0.4, -0.2) is 13.4 Å². The van der Waals surface area contributed by atoms with E-state index in [1.807, 2.05) is 0 Å². The third-order valence-electron chi connectivity index (χ3n) is 9.22. The van der Waals surface area contributed by atoms with Crippen molar-refractivity contribution < 1.29 is 4.74 Å². The van der Waals surface area contributed by atoms with Gasteiger partial charge in [0.25, 0.3) is 0 Å². The number of fused-ring (bicyclic) bond motifs is 5. The van der Waals surface area contributed by atoms with Crippen LogP contribution in [0.15, 0.2) is 78.4 Å². The molecule has 2 radical (unpaired) electrons. The van der Waals surface area contributed by atoms with E-state index in [0.29, 0.717) is 0 Å². The van der Waals surface area contributed by atoms with Gasteiger partial charge in [-0.15, -0.1) is 0 Å². The van der Waals surface area contributed by atoms with Crippen molar-refractivity contribution in [3.05, 3.63) is 95.1 Å². The van der Waals surface area contributed by atoms with Crippen LogP contribution in [0.3, 0.4) is 0 Å². The fourth-order valence-electron chi connectivity index (χ4n) is 6.99. The van der Waals surface area contributed by atoms with Gasteiger partial charge in [0, 0.05) is 0 Å². The molecule has 214 valence electrons. The van der Waals surface area contributed by atoms with Crippen LogP contribution < -0.4 is 0 Å². The Hall–Kier alpha value is -2.58. The van der Waals surface area contributed by atoms with Gasteiger partial charge in [0.05, 0.1) is 11.1 Å². The zero-order chi connectivity index (χ0) is 28.7. The highest BCUT2D eigenvalue weighted by Gasteiger charge is 2.33. The van der Waals surface area contributed by atoms with Crippen LogP contribution >= 0.6 is 0 Å². The summed E-state index contributed by atoms with van der Waals surface area (Å²) in [6.45, 7) is 6.70. The molecule has 1 nitrogen and oxygen atoms in total. The average molecular weight is 545 g/mol. The lowest BCUT2D eigenvalue weighted by Crippen LogP contribution is -2.39. The zero-order valence-corrected chi connectivity index (χ0v) is 25.8. The summed E-state index contributed by atoms with van der Waals surface area (Å²) < 4.78 is 7.01. The summed E-state index contributed by atoms with van der Waals surface area (Å²) in [5, 5.41) is 0. The molecule has 0 saturated heterocycles. The number of hydrogen-bond acceptors (Lipinski definition) is 1. The molecule has 0 aromatic heterocycles. The standard InChI is InChI=1S/C39H49BO/c1-30-19-13-11-9-7-5-4-6-8-10-12-18-26-38(2,3)41-39(40,29-30)33-24-25-36-34-22-16-14-20-31(34)27-32-21-15-17-23-35(32)37(36)28-33/h14-17,20-25,28-29H,4-13,18-19,26-27H2,1-3H3/b30-29-. The highest BCUT2D eigenvalue weighted by atomic mass is 16.5. The van der Waals surface area contributed by atoms with Crippen LogP contribution in [0.2, 0.25) is 0 Å². The van der Waals surface area contributed by atoms with E-state index in [0.717, 1.165) is 24.8 Å². The van der Waals surface area contributed by atoms with Crippen LogP contribution in [0.1, 0.15) is 121 Å². The van der Waals surface area contributed by atoms with E-state index < -0.39 is 5.50 Å². The van der Waals surface area contributed by atoms with Crippen molar-refractivity contribution in [1.82, 2.24) is 0 Å². The van der Waals surface area contributed by atoms with Crippen molar-refractivity contribution in [2.75, 3.05) is 0 Å². The van der Waals surface area contributed by atoms with Crippen LogP contribution in [-0.2, 0) is 16.7 Å². The summed E-state index contributed by atoms with van der Waals surface area (Å²) in [5.41, 5.74) is 8.91. The van der Waals surface area contributed by atoms with Crippen molar-refractivity contribution in [3.8, 4) is 22.3 Å². The molecule has 0 N–H and O–H groups in total. The van der Waals surface area contributed by atoms with E-state index >= 15 is 0 Å². The zero-order valence-electron chi connectivity index (χ0n) is 25.8. The minimum atomic E-state index is -0.991. The fourth-order valence-corrected chi connectivity index (χ4v) is 6.99. The Bertz CT molecular complexity index is 1330. The van der Waals surface area contributed by atoms with Crippen molar-refractivity contribution in [1.29, 1.82) is 0 Å². The largest absolute Gasteiger partial charge is 0.371 e. The first-order valence-electron chi connectivity index (χ1n) is 16.3. The first-order valence-corrected chi connectivity index (χ1v) is 16.3. The van der Waals surface area contributed by atoms with Gasteiger partial charge in [0.15, 0.2) is 0 Å². The lowest BCUT2D eigenvalue weighted by atomic mass is 9.72. The molecule has 0 spiro atoms. The third-order valence-corrected chi connectivity index (χ3v) is 9.22. The number of hydrogen-bond donors (Lipinski definition) is 0. The molecule has 3 aromatic carbocycles. The lowest BCUT2D eigenvalue weighted by molar-refractivity contribution is -0.0826. The van der Waals surface area contributed by atoms with Crippen LogP contribution in [0.4, 0.5) is 0 Å². The van der Waals surface area contributed by atoms with Gasteiger partial charge in [-0.1, -0.05) is 137 Å². The topological polar surface area (TPSA) is 9.23 Å². The molecule has 2 aliphatic rings. The molecule has 0 bridgehead atoms. The summed E-state index contributed by atoms with van der Waals surface area (Å²) in [7, 11) is 7.39. The highest BCUT2D eigenvalue weighted by molar-refractivity contribution is 6.16. The first kappa shape index (κ1) is 29.9. The van der Waals surface area contributed by atoms with Crippen molar-refractivity contribution in [3.63, 3.8) is 0 Å². The molecule has 1 heterocycles. The van der Waals surface area contributed by atoms with E-state index in [2.05, 4.69) is 93.6 Å². The van der Waals surface area contributed by atoms with Crippen molar-refractivity contribution in [2.24, 2.45) is 0 Å². The second-order valence-corrected chi connectivity index (χ2v) is 13.3. The number of ether oxygens (including phenoxy) is 1. The maximum atomic E-state index is 7.39. The number of rotatable bonds is 1. The Morgan fingerprint density at radius 3 is 1.78 bits per heavy atom. The Kier molecular flexibility index (Phi) is 9.92. The summed E-state index contributed by atoms with van der Waals surface area (Å²) in [6.07, 6.45) is 19.8. The van der Waals surface area contributed by atoms with E-state index in [4.69, 9.17) is 12.6 Å². The minimum Gasteiger partial charge on any atom is -0.371 e. The van der Waals surface area contributed by atoms with Gasteiger partial charge in [-0.2, -0.15) is 0 Å². The molecule has 3 aromatic rings. The second kappa shape index (κ2) is 13.6. The van der Waals surface area contributed by atoms with Gasteiger partial charge in [-0.25, -0.2) is 0 Å². The van der Waals surface area contributed by atoms with Gasteiger partial charge in [-0.05, 0) is 91.5 Å². The van der Waals surface area contributed by atoms with Crippen LogP contribution in [0.25, 0.3) is 22.3 Å². The average Bonchev–Trinajstić information content (AvgIpc) is 3.09. The van der Waals surface area contributed by atoms with E-state index in [-0.39, 0.29) is 5.60 Å². The van der Waals surface area contributed by atoms with Gasteiger partial charge in [0.1, 0.15) is 7.85 Å². The summed E-state index contributed by atoms with van der Waals surface area (Å²) in [5.74, 6) is 0.